The molecule has 0 aliphatic carbocycles. The molecule has 2 heterocycles. The predicted molar refractivity (Wildman–Crippen MR) is 116 cm³/mol. The first-order chi connectivity index (χ1) is 15.1. The maximum Gasteiger partial charge on any atom is 0.323 e. The van der Waals surface area contributed by atoms with Crippen LogP contribution in [0.25, 0.3) is 0 Å². The van der Waals surface area contributed by atoms with Crippen molar-refractivity contribution < 1.29 is 23.5 Å². The Morgan fingerprint density at radius 1 is 0.935 bits per heavy atom. The highest BCUT2D eigenvalue weighted by Crippen LogP contribution is 2.27. The maximum absolute atomic E-state index is 12.6. The van der Waals surface area contributed by atoms with E-state index in [0.29, 0.717) is 41.7 Å². The van der Waals surface area contributed by atoms with Crippen LogP contribution in [0.2, 0.25) is 0 Å². The van der Waals surface area contributed by atoms with Crippen LogP contribution in [0.5, 0.6) is 11.5 Å². The number of hydrogen-bond acceptors (Lipinski definition) is 5. The maximum atomic E-state index is 12.6. The summed E-state index contributed by atoms with van der Waals surface area (Å²) < 4.78 is 15.7. The van der Waals surface area contributed by atoms with Gasteiger partial charge in [0, 0.05) is 42.7 Å². The van der Waals surface area contributed by atoms with Crippen molar-refractivity contribution in [2.24, 2.45) is 0 Å². The third-order valence-corrected chi connectivity index (χ3v) is 5.10. The van der Waals surface area contributed by atoms with Crippen LogP contribution in [0.15, 0.2) is 59.2 Å². The molecule has 0 radical (unpaired) electrons. The van der Waals surface area contributed by atoms with E-state index in [1.807, 2.05) is 18.2 Å². The Bertz CT molecular complexity index is 1070. The fraction of sp³-hybridized carbons (Fsp3) is 0.217. The molecule has 31 heavy (non-hydrogen) atoms. The molecule has 0 atom stereocenters. The summed E-state index contributed by atoms with van der Waals surface area (Å²) in [5, 5.41) is 5.61. The van der Waals surface area contributed by atoms with Gasteiger partial charge in [-0.1, -0.05) is 6.07 Å². The molecule has 1 aliphatic heterocycles. The lowest BCUT2D eigenvalue weighted by atomic mass is 9.99. The second kappa shape index (κ2) is 8.83. The van der Waals surface area contributed by atoms with E-state index in [4.69, 9.17) is 13.9 Å². The van der Waals surface area contributed by atoms with Gasteiger partial charge in [-0.15, -0.1) is 0 Å². The Balaban J connectivity index is 1.44. The van der Waals surface area contributed by atoms with Gasteiger partial charge in [0.25, 0.3) is 5.91 Å². The van der Waals surface area contributed by atoms with Gasteiger partial charge >= 0.3 is 6.03 Å². The van der Waals surface area contributed by atoms with Gasteiger partial charge in [0.05, 0.1) is 20.5 Å². The van der Waals surface area contributed by atoms with E-state index in [-0.39, 0.29) is 5.91 Å². The average Bonchev–Trinajstić information content (AvgIpc) is 3.32. The van der Waals surface area contributed by atoms with Crippen molar-refractivity contribution in [3.63, 3.8) is 0 Å². The van der Waals surface area contributed by atoms with Crippen LogP contribution in [-0.2, 0) is 13.0 Å². The van der Waals surface area contributed by atoms with Crippen molar-refractivity contribution in [1.82, 2.24) is 4.90 Å². The molecular weight excluding hydrogens is 398 g/mol. The van der Waals surface area contributed by atoms with Crippen molar-refractivity contribution in [2.45, 2.75) is 13.0 Å². The molecule has 0 fully saturated rings. The second-order valence-corrected chi connectivity index (χ2v) is 7.12. The Morgan fingerprint density at radius 2 is 1.68 bits per heavy atom. The number of furan rings is 1. The van der Waals surface area contributed by atoms with Crippen LogP contribution in [0, 0.1) is 0 Å². The topological polar surface area (TPSA) is 93.0 Å². The molecule has 1 aromatic heterocycles. The molecule has 2 aromatic carbocycles. The number of anilines is 2. The van der Waals surface area contributed by atoms with E-state index < -0.39 is 6.03 Å². The van der Waals surface area contributed by atoms with Gasteiger partial charge in [0.1, 0.15) is 11.5 Å². The van der Waals surface area contributed by atoms with E-state index in [9.17, 15) is 9.59 Å². The number of methoxy groups -OCH3 is 2. The molecule has 3 amide bonds. The zero-order valence-corrected chi connectivity index (χ0v) is 17.3. The summed E-state index contributed by atoms with van der Waals surface area (Å²) in [7, 11) is 3.09. The van der Waals surface area contributed by atoms with Crippen molar-refractivity contribution in [3.8, 4) is 11.5 Å². The Morgan fingerprint density at radius 3 is 2.35 bits per heavy atom. The fourth-order valence-corrected chi connectivity index (χ4v) is 3.54. The number of carbonyl (C=O) groups is 2. The molecule has 2 N–H and O–H groups in total. The molecular formula is C23H23N3O5. The van der Waals surface area contributed by atoms with Crippen molar-refractivity contribution >= 4 is 23.3 Å². The molecule has 8 nitrogen and oxygen atoms in total. The average molecular weight is 421 g/mol. The fourth-order valence-electron chi connectivity index (χ4n) is 3.54. The zero-order valence-electron chi connectivity index (χ0n) is 17.3. The SMILES string of the molecule is COc1cc(NC(=O)Nc2ccc3c(c2)CN(C(=O)c2ccco2)CC3)cc(OC)c1. The molecule has 0 unspecified atom stereocenters. The second-order valence-electron chi connectivity index (χ2n) is 7.12. The quantitative estimate of drug-likeness (QED) is 0.646. The number of rotatable bonds is 5. The number of fused-ring (bicyclic) bond motifs is 1. The van der Waals surface area contributed by atoms with Crippen LogP contribution in [0.1, 0.15) is 21.7 Å². The Labute approximate surface area is 179 Å². The van der Waals surface area contributed by atoms with E-state index in [0.717, 1.165) is 17.5 Å². The molecule has 0 spiro atoms. The van der Waals surface area contributed by atoms with Crippen molar-refractivity contribution in [1.29, 1.82) is 0 Å². The summed E-state index contributed by atoms with van der Waals surface area (Å²) in [5.41, 5.74) is 3.33. The predicted octanol–water partition coefficient (Wildman–Crippen LogP) is 4.14. The number of nitrogens with zero attached hydrogens (tertiary/aromatic N) is 1. The lowest BCUT2D eigenvalue weighted by Gasteiger charge is -2.28. The van der Waals surface area contributed by atoms with Gasteiger partial charge < -0.3 is 29.4 Å². The molecule has 8 heteroatoms. The minimum Gasteiger partial charge on any atom is -0.497 e. The largest absolute Gasteiger partial charge is 0.497 e. The van der Waals surface area contributed by atoms with Gasteiger partial charge in [-0.2, -0.15) is 0 Å². The summed E-state index contributed by atoms with van der Waals surface area (Å²) >= 11 is 0. The number of amides is 3. The lowest BCUT2D eigenvalue weighted by molar-refractivity contribution is 0.0702. The summed E-state index contributed by atoms with van der Waals surface area (Å²) in [4.78, 5) is 26.8. The summed E-state index contributed by atoms with van der Waals surface area (Å²) in [6.07, 6.45) is 2.24. The highest BCUT2D eigenvalue weighted by Gasteiger charge is 2.23. The van der Waals surface area contributed by atoms with Crippen LogP contribution in [-0.4, -0.2) is 37.6 Å². The van der Waals surface area contributed by atoms with E-state index in [1.54, 1.807) is 49.5 Å². The summed E-state index contributed by atoms with van der Waals surface area (Å²) in [5.74, 6) is 1.33. The van der Waals surface area contributed by atoms with Crippen LogP contribution >= 0.6 is 0 Å². The molecule has 1 aliphatic rings. The summed E-state index contributed by atoms with van der Waals surface area (Å²) in [6.45, 7) is 1.08. The van der Waals surface area contributed by atoms with Gasteiger partial charge in [-0.05, 0) is 41.8 Å². The molecule has 3 aromatic rings. The highest BCUT2D eigenvalue weighted by atomic mass is 16.5. The summed E-state index contributed by atoms with van der Waals surface area (Å²) in [6, 6.07) is 13.8. The van der Waals surface area contributed by atoms with Gasteiger partial charge in [0.2, 0.25) is 0 Å². The van der Waals surface area contributed by atoms with Crippen LogP contribution in [0.3, 0.4) is 0 Å². The van der Waals surface area contributed by atoms with Crippen molar-refractivity contribution in [3.05, 3.63) is 71.7 Å². The van der Waals surface area contributed by atoms with E-state index in [2.05, 4.69) is 10.6 Å². The number of hydrogen-bond donors (Lipinski definition) is 2. The number of urea groups is 1. The zero-order chi connectivity index (χ0) is 21.8. The molecule has 0 bridgehead atoms. The number of carbonyl (C=O) groups excluding carboxylic acids is 2. The normalized spacial score (nSPS) is 12.6. The molecule has 0 saturated heterocycles. The molecule has 4 rings (SSSR count). The first kappa shape index (κ1) is 20.3. The van der Waals surface area contributed by atoms with E-state index >= 15 is 0 Å². The Hall–Kier alpha value is -3.94. The standard InChI is InChI=1S/C23H23N3O5/c1-29-19-11-18(12-20(13-19)30-2)25-23(28)24-17-6-5-15-7-8-26(14-16(15)10-17)22(27)21-4-3-9-31-21/h3-6,9-13H,7-8,14H2,1-2H3,(H2,24,25,28). The highest BCUT2D eigenvalue weighted by molar-refractivity contribution is 6.00. The van der Waals surface area contributed by atoms with Crippen LogP contribution < -0.4 is 20.1 Å². The minimum absolute atomic E-state index is 0.140. The Kier molecular flexibility index (Phi) is 5.79. The lowest BCUT2D eigenvalue weighted by Crippen LogP contribution is -2.35. The first-order valence-corrected chi connectivity index (χ1v) is 9.81. The van der Waals surface area contributed by atoms with Gasteiger partial charge in [0.15, 0.2) is 5.76 Å². The third-order valence-electron chi connectivity index (χ3n) is 5.10. The number of ether oxygens (including phenoxy) is 2. The smallest absolute Gasteiger partial charge is 0.323 e. The monoisotopic (exact) mass is 421 g/mol. The van der Waals surface area contributed by atoms with Gasteiger partial charge in [-0.25, -0.2) is 4.79 Å². The number of nitrogens with one attached hydrogen (secondary N) is 2. The third kappa shape index (κ3) is 4.63. The molecule has 0 saturated carbocycles. The molecule has 160 valence electrons. The van der Waals surface area contributed by atoms with E-state index in [1.165, 1.54) is 6.26 Å². The first-order valence-electron chi connectivity index (χ1n) is 9.81. The minimum atomic E-state index is -0.394. The number of benzene rings is 2. The van der Waals surface area contributed by atoms with Crippen LogP contribution in [0.4, 0.5) is 16.2 Å². The van der Waals surface area contributed by atoms with Gasteiger partial charge in [-0.3, -0.25) is 4.79 Å². The van der Waals surface area contributed by atoms with Crippen molar-refractivity contribution in [2.75, 3.05) is 31.4 Å².